The number of nitrogens with one attached hydrogen (secondary N) is 1. The minimum absolute atomic E-state index is 0.0468. The molecule has 1 atom stereocenters. The topological polar surface area (TPSA) is 90.6 Å². The zero-order chi connectivity index (χ0) is 16.8. The normalized spacial score (nSPS) is 14.0. The van der Waals surface area contributed by atoms with Crippen LogP contribution in [0, 0.1) is 0 Å². The zero-order valence-corrected chi connectivity index (χ0v) is 13.5. The van der Waals surface area contributed by atoms with Crippen LogP contribution in [0.3, 0.4) is 0 Å². The van der Waals surface area contributed by atoms with Crippen LogP contribution in [0.5, 0.6) is 0 Å². The van der Waals surface area contributed by atoms with Gasteiger partial charge in [0, 0.05) is 6.54 Å². The highest BCUT2D eigenvalue weighted by molar-refractivity contribution is 6.05. The summed E-state index contributed by atoms with van der Waals surface area (Å²) in [7, 11) is 1.59. The van der Waals surface area contributed by atoms with Crippen LogP contribution >= 0.6 is 0 Å². The Bertz CT molecular complexity index is 511. The summed E-state index contributed by atoms with van der Waals surface area (Å²) in [5.41, 5.74) is 4.15. The Kier molecular flexibility index (Phi) is 6.08. The van der Waals surface area contributed by atoms with E-state index in [4.69, 9.17) is 15.2 Å². The fourth-order valence-electron chi connectivity index (χ4n) is 1.73. The Morgan fingerprint density at radius 1 is 1.14 bits per heavy atom. The number of nitrogens with two attached hydrogens (primary N) is 1. The standard InChI is InChI=1S/C16H24N2O4/c1-15(2,3)22-14(20)16(17,11-18-4)13(19)21-10-12-8-6-5-7-9-12/h5-9,18H,10-11,17H2,1-4H3. The maximum absolute atomic E-state index is 12.3. The molecule has 6 nitrogen and oxygen atoms in total. The van der Waals surface area contributed by atoms with E-state index in [2.05, 4.69) is 5.32 Å². The van der Waals surface area contributed by atoms with Gasteiger partial charge in [0.2, 0.25) is 5.54 Å². The molecule has 1 aromatic carbocycles. The summed E-state index contributed by atoms with van der Waals surface area (Å²) < 4.78 is 10.4. The van der Waals surface area contributed by atoms with Crippen molar-refractivity contribution in [2.45, 2.75) is 38.5 Å². The second-order valence-corrected chi connectivity index (χ2v) is 6.07. The molecular formula is C16H24N2O4. The Hall–Kier alpha value is -1.92. The lowest BCUT2D eigenvalue weighted by Gasteiger charge is -2.29. The number of carbonyl (C=O) groups is 2. The van der Waals surface area contributed by atoms with Gasteiger partial charge in [-0.25, -0.2) is 9.59 Å². The molecule has 0 aliphatic carbocycles. The monoisotopic (exact) mass is 308 g/mol. The molecule has 0 fully saturated rings. The number of hydrogen-bond donors (Lipinski definition) is 2. The van der Waals surface area contributed by atoms with Crippen molar-refractivity contribution in [3.8, 4) is 0 Å². The van der Waals surface area contributed by atoms with Gasteiger partial charge >= 0.3 is 11.9 Å². The van der Waals surface area contributed by atoms with Gasteiger partial charge in [-0.05, 0) is 33.4 Å². The van der Waals surface area contributed by atoms with E-state index in [9.17, 15) is 9.59 Å². The summed E-state index contributed by atoms with van der Waals surface area (Å²) in [6.45, 7) is 5.10. The van der Waals surface area contributed by atoms with Crippen LogP contribution in [-0.4, -0.2) is 36.7 Å². The third-order valence-corrected chi connectivity index (χ3v) is 2.80. The van der Waals surface area contributed by atoms with Gasteiger partial charge in [0.25, 0.3) is 0 Å². The number of esters is 2. The molecule has 1 unspecified atom stereocenters. The van der Waals surface area contributed by atoms with Crippen LogP contribution in [-0.2, 0) is 25.7 Å². The summed E-state index contributed by atoms with van der Waals surface area (Å²) in [5, 5.41) is 2.73. The van der Waals surface area contributed by atoms with E-state index >= 15 is 0 Å². The molecule has 6 heteroatoms. The zero-order valence-electron chi connectivity index (χ0n) is 13.5. The number of benzene rings is 1. The smallest absolute Gasteiger partial charge is 0.339 e. The van der Waals surface area contributed by atoms with E-state index in [-0.39, 0.29) is 13.2 Å². The molecule has 0 aromatic heterocycles. The van der Waals surface area contributed by atoms with Gasteiger partial charge in [0.15, 0.2) is 0 Å². The molecule has 0 spiro atoms. The van der Waals surface area contributed by atoms with Gasteiger partial charge in [-0.2, -0.15) is 0 Å². The molecule has 0 heterocycles. The predicted octanol–water partition coefficient (Wildman–Crippen LogP) is 0.988. The van der Waals surface area contributed by atoms with Crippen LogP contribution in [0.25, 0.3) is 0 Å². The van der Waals surface area contributed by atoms with Crippen LogP contribution < -0.4 is 11.1 Å². The first kappa shape index (κ1) is 18.1. The minimum Gasteiger partial charge on any atom is -0.459 e. The van der Waals surface area contributed by atoms with Gasteiger partial charge in [-0.3, -0.25) is 0 Å². The van der Waals surface area contributed by atoms with Gasteiger partial charge in [-0.1, -0.05) is 30.3 Å². The molecule has 22 heavy (non-hydrogen) atoms. The second-order valence-electron chi connectivity index (χ2n) is 6.07. The Labute approximate surface area is 131 Å². The third kappa shape index (κ3) is 5.13. The summed E-state index contributed by atoms with van der Waals surface area (Å²) in [6.07, 6.45) is 0. The minimum atomic E-state index is -1.88. The largest absolute Gasteiger partial charge is 0.459 e. The van der Waals surface area contributed by atoms with Crippen molar-refractivity contribution in [3.05, 3.63) is 35.9 Å². The van der Waals surface area contributed by atoms with Crippen molar-refractivity contribution < 1.29 is 19.1 Å². The van der Waals surface area contributed by atoms with Crippen LogP contribution in [0.4, 0.5) is 0 Å². The molecule has 0 aliphatic heterocycles. The molecule has 0 amide bonds. The fraction of sp³-hybridized carbons (Fsp3) is 0.500. The van der Waals surface area contributed by atoms with Crippen LogP contribution in [0.2, 0.25) is 0 Å². The Balaban J connectivity index is 2.79. The summed E-state index contributed by atoms with van der Waals surface area (Å²) in [5.74, 6) is -1.63. The highest BCUT2D eigenvalue weighted by Crippen LogP contribution is 2.15. The second kappa shape index (κ2) is 7.38. The molecule has 1 rings (SSSR count). The molecule has 0 saturated carbocycles. The van der Waals surface area contributed by atoms with Gasteiger partial charge in [-0.15, -0.1) is 0 Å². The van der Waals surface area contributed by atoms with Gasteiger partial charge in [0.05, 0.1) is 0 Å². The van der Waals surface area contributed by atoms with Crippen molar-refractivity contribution in [2.24, 2.45) is 5.73 Å². The number of ether oxygens (including phenoxy) is 2. The van der Waals surface area contributed by atoms with Crippen LogP contribution in [0.15, 0.2) is 30.3 Å². The quantitative estimate of drug-likeness (QED) is 0.601. The summed E-state index contributed by atoms with van der Waals surface area (Å²) >= 11 is 0. The predicted molar refractivity (Wildman–Crippen MR) is 82.9 cm³/mol. The Morgan fingerprint density at radius 2 is 1.73 bits per heavy atom. The molecule has 122 valence electrons. The lowest BCUT2D eigenvalue weighted by molar-refractivity contribution is -0.171. The van der Waals surface area contributed by atoms with Gasteiger partial charge < -0.3 is 20.5 Å². The SMILES string of the molecule is CNCC(N)(C(=O)OCc1ccccc1)C(=O)OC(C)(C)C. The third-order valence-electron chi connectivity index (χ3n) is 2.80. The van der Waals surface area contributed by atoms with E-state index in [1.165, 1.54) is 0 Å². The summed E-state index contributed by atoms with van der Waals surface area (Å²) in [6, 6.07) is 9.16. The molecular weight excluding hydrogens is 284 g/mol. The van der Waals surface area contributed by atoms with E-state index in [1.807, 2.05) is 30.3 Å². The summed E-state index contributed by atoms with van der Waals surface area (Å²) in [4.78, 5) is 24.5. The highest BCUT2D eigenvalue weighted by Gasteiger charge is 2.46. The fourth-order valence-corrected chi connectivity index (χ4v) is 1.73. The number of carbonyl (C=O) groups excluding carboxylic acids is 2. The molecule has 0 radical (unpaired) electrons. The first-order valence-corrected chi connectivity index (χ1v) is 7.07. The molecule has 0 aliphatic rings. The maximum Gasteiger partial charge on any atom is 0.339 e. The number of hydrogen-bond acceptors (Lipinski definition) is 6. The first-order valence-electron chi connectivity index (χ1n) is 7.07. The lowest BCUT2D eigenvalue weighted by atomic mass is 10.0. The molecule has 1 aromatic rings. The van der Waals surface area contributed by atoms with Crippen molar-refractivity contribution in [1.82, 2.24) is 5.32 Å². The molecule has 3 N–H and O–H groups in total. The number of rotatable bonds is 6. The van der Waals surface area contributed by atoms with E-state index < -0.39 is 23.1 Å². The first-order chi connectivity index (χ1) is 10.2. The highest BCUT2D eigenvalue weighted by atomic mass is 16.6. The average Bonchev–Trinajstić information content (AvgIpc) is 2.44. The van der Waals surface area contributed by atoms with Crippen molar-refractivity contribution in [3.63, 3.8) is 0 Å². The van der Waals surface area contributed by atoms with Crippen LogP contribution in [0.1, 0.15) is 26.3 Å². The lowest BCUT2D eigenvalue weighted by Crippen LogP contribution is -2.62. The van der Waals surface area contributed by atoms with Crippen molar-refractivity contribution >= 4 is 11.9 Å². The molecule has 0 saturated heterocycles. The number of likely N-dealkylation sites (N-methyl/N-ethyl adjacent to an activating group) is 1. The molecule has 0 bridgehead atoms. The average molecular weight is 308 g/mol. The van der Waals surface area contributed by atoms with Crippen molar-refractivity contribution in [1.29, 1.82) is 0 Å². The van der Waals surface area contributed by atoms with Crippen molar-refractivity contribution in [2.75, 3.05) is 13.6 Å². The Morgan fingerprint density at radius 3 is 2.23 bits per heavy atom. The van der Waals surface area contributed by atoms with E-state index in [1.54, 1.807) is 27.8 Å². The van der Waals surface area contributed by atoms with E-state index in [0.29, 0.717) is 0 Å². The van der Waals surface area contributed by atoms with Gasteiger partial charge in [0.1, 0.15) is 12.2 Å². The van der Waals surface area contributed by atoms with E-state index in [0.717, 1.165) is 5.56 Å². The maximum atomic E-state index is 12.3.